The van der Waals surface area contributed by atoms with Crippen LogP contribution in [0.2, 0.25) is 19.6 Å². The van der Waals surface area contributed by atoms with Gasteiger partial charge in [-0.05, 0) is 111 Å². The summed E-state index contributed by atoms with van der Waals surface area (Å²) in [6.07, 6.45) is 6.08. The summed E-state index contributed by atoms with van der Waals surface area (Å²) in [5.41, 5.74) is 0.114. The maximum absolute atomic E-state index is 15.9. The molecule has 0 aromatic carbocycles. The van der Waals surface area contributed by atoms with Crippen molar-refractivity contribution in [2.75, 3.05) is 0 Å². The van der Waals surface area contributed by atoms with Crippen LogP contribution in [0.25, 0.3) is 0 Å². The molecule has 6 heteroatoms. The third-order valence-electron chi connectivity index (χ3n) is 11.4. The van der Waals surface area contributed by atoms with Crippen LogP contribution < -0.4 is 0 Å². The quantitative estimate of drug-likeness (QED) is 0.365. The molecule has 4 aliphatic rings. The first kappa shape index (κ1) is 27.6. The van der Waals surface area contributed by atoms with Crippen molar-refractivity contribution in [3.63, 3.8) is 0 Å². The van der Waals surface area contributed by atoms with Gasteiger partial charge in [0.15, 0.2) is 8.32 Å². The highest BCUT2D eigenvalue weighted by molar-refractivity contribution is 6.69. The highest BCUT2D eigenvalue weighted by Crippen LogP contribution is 2.70. The van der Waals surface area contributed by atoms with E-state index in [0.29, 0.717) is 36.0 Å². The van der Waals surface area contributed by atoms with Gasteiger partial charge < -0.3 is 14.6 Å². The van der Waals surface area contributed by atoms with Gasteiger partial charge in [0, 0.05) is 12.3 Å². The fourth-order valence-corrected chi connectivity index (χ4v) is 11.2. The van der Waals surface area contributed by atoms with E-state index in [1.54, 1.807) is 0 Å². The molecule has 0 aliphatic heterocycles. The molecule has 0 heterocycles. The molecular formula is C29H51FO4Si. The van der Waals surface area contributed by atoms with E-state index in [1.807, 2.05) is 0 Å². The molecule has 0 aromatic heterocycles. The van der Waals surface area contributed by atoms with Crippen LogP contribution in [0.5, 0.6) is 0 Å². The molecule has 202 valence electrons. The number of aliphatic carboxylic acids is 1. The first-order valence-electron chi connectivity index (χ1n) is 14.5. The summed E-state index contributed by atoms with van der Waals surface area (Å²) in [7, 11) is -1.88. The number of carbonyl (C=O) groups is 1. The predicted molar refractivity (Wildman–Crippen MR) is 140 cm³/mol. The summed E-state index contributed by atoms with van der Waals surface area (Å²) in [5, 5.41) is 19.9. The molecule has 0 amide bonds. The van der Waals surface area contributed by atoms with Gasteiger partial charge in [-0.25, -0.2) is 4.39 Å². The second kappa shape index (κ2) is 9.69. The number of carboxylic acid groups (broad SMARTS) is 1. The standard InChI is InChI=1S/C29H51FO4Si/c1-8-18-25-26(30)22(31)14-16-29(25,4)21-13-15-28(3)19(17(2)9-12-23(32)33)10-11-20(28)24(21)27(18)34-35(5,6)7/h17-22,24-27,31H,8-16H2,1-7H3,(H,32,33)/t17?,18-,19-,20+,21+,22-,24+,25-,26+,27-,28-,29-/m1/s1. The summed E-state index contributed by atoms with van der Waals surface area (Å²) in [6, 6.07) is 0. The van der Waals surface area contributed by atoms with Crippen molar-refractivity contribution in [3.8, 4) is 0 Å². The molecule has 4 rings (SSSR count). The zero-order valence-corrected chi connectivity index (χ0v) is 24.2. The van der Waals surface area contributed by atoms with Crippen molar-refractivity contribution in [2.24, 2.45) is 52.3 Å². The highest BCUT2D eigenvalue weighted by atomic mass is 28.4. The van der Waals surface area contributed by atoms with E-state index in [1.165, 1.54) is 12.8 Å². The summed E-state index contributed by atoms with van der Waals surface area (Å²) in [6.45, 7) is 16.1. The molecule has 4 nitrogen and oxygen atoms in total. The molecule has 0 radical (unpaired) electrons. The van der Waals surface area contributed by atoms with E-state index in [9.17, 15) is 15.0 Å². The molecule has 4 fully saturated rings. The maximum Gasteiger partial charge on any atom is 0.303 e. The Morgan fingerprint density at radius 1 is 1.09 bits per heavy atom. The van der Waals surface area contributed by atoms with E-state index < -0.39 is 26.6 Å². The van der Waals surface area contributed by atoms with Crippen molar-refractivity contribution in [1.82, 2.24) is 0 Å². The number of alkyl halides is 1. The monoisotopic (exact) mass is 510 g/mol. The van der Waals surface area contributed by atoms with E-state index >= 15 is 4.39 Å². The normalized spacial score (nSPS) is 48.5. The molecule has 0 bridgehead atoms. The smallest absolute Gasteiger partial charge is 0.303 e. The summed E-state index contributed by atoms with van der Waals surface area (Å²) >= 11 is 0. The largest absolute Gasteiger partial charge is 0.481 e. The Labute approximate surface area is 213 Å². The lowest BCUT2D eigenvalue weighted by molar-refractivity contribution is -0.218. The van der Waals surface area contributed by atoms with Crippen LogP contribution in [0.1, 0.15) is 85.5 Å². The van der Waals surface area contributed by atoms with E-state index in [4.69, 9.17) is 4.43 Å². The highest BCUT2D eigenvalue weighted by Gasteiger charge is 2.67. The number of aliphatic hydroxyl groups is 1. The van der Waals surface area contributed by atoms with Crippen molar-refractivity contribution >= 4 is 14.3 Å². The van der Waals surface area contributed by atoms with Crippen LogP contribution >= 0.6 is 0 Å². The maximum atomic E-state index is 15.9. The Hall–Kier alpha value is -0.463. The molecule has 2 N–H and O–H groups in total. The minimum absolute atomic E-state index is 0.0657. The van der Waals surface area contributed by atoms with E-state index in [0.717, 1.165) is 32.1 Å². The lowest BCUT2D eigenvalue weighted by Crippen LogP contribution is -2.66. The van der Waals surface area contributed by atoms with Gasteiger partial charge in [-0.15, -0.1) is 0 Å². The molecule has 1 unspecified atom stereocenters. The van der Waals surface area contributed by atoms with E-state index in [-0.39, 0.29) is 35.2 Å². The van der Waals surface area contributed by atoms with Gasteiger partial charge in [-0.3, -0.25) is 4.79 Å². The van der Waals surface area contributed by atoms with Gasteiger partial charge in [0.2, 0.25) is 0 Å². The minimum Gasteiger partial charge on any atom is -0.481 e. The van der Waals surface area contributed by atoms with Crippen LogP contribution in [0, 0.1) is 52.3 Å². The Bertz CT molecular complexity index is 785. The molecule has 4 saturated carbocycles. The van der Waals surface area contributed by atoms with Gasteiger partial charge in [0.1, 0.15) is 6.17 Å². The number of fused-ring (bicyclic) bond motifs is 5. The Kier molecular flexibility index (Phi) is 7.63. The van der Waals surface area contributed by atoms with E-state index in [2.05, 4.69) is 47.3 Å². The minimum atomic E-state index is -1.88. The molecule has 12 atom stereocenters. The van der Waals surface area contributed by atoms with Crippen LogP contribution in [0.3, 0.4) is 0 Å². The lowest BCUT2D eigenvalue weighted by Gasteiger charge is -2.66. The number of hydrogen-bond donors (Lipinski definition) is 2. The molecule has 4 aliphatic carbocycles. The average molecular weight is 511 g/mol. The first-order chi connectivity index (χ1) is 16.2. The Balaban J connectivity index is 1.73. The van der Waals surface area contributed by atoms with Gasteiger partial charge in [0.05, 0.1) is 12.2 Å². The van der Waals surface area contributed by atoms with Crippen molar-refractivity contribution < 1.29 is 23.8 Å². The Morgan fingerprint density at radius 3 is 2.31 bits per heavy atom. The molecule has 0 saturated heterocycles. The van der Waals surface area contributed by atoms with Crippen LogP contribution in [0.15, 0.2) is 0 Å². The van der Waals surface area contributed by atoms with Crippen molar-refractivity contribution in [2.45, 2.75) is 124 Å². The second-order valence-electron chi connectivity index (χ2n) is 14.3. The Morgan fingerprint density at radius 2 is 1.71 bits per heavy atom. The van der Waals surface area contributed by atoms with Crippen LogP contribution in [-0.4, -0.2) is 42.9 Å². The topological polar surface area (TPSA) is 66.8 Å². The van der Waals surface area contributed by atoms with Crippen LogP contribution in [0.4, 0.5) is 4.39 Å². The SMILES string of the molecule is CC[C@H]1[C@@H](O[Si](C)(C)C)[C@@H]2[C@H](CC[C@]3(C)[C@@H](C(C)CCC(=O)O)CC[C@@H]23)[C@@]2(C)CC[C@@H](O)[C@H](F)[C@@H]12. The van der Waals surface area contributed by atoms with Crippen LogP contribution in [-0.2, 0) is 9.22 Å². The molecular weight excluding hydrogens is 459 g/mol. The number of carboxylic acids is 1. The van der Waals surface area contributed by atoms with Crippen molar-refractivity contribution in [1.29, 1.82) is 0 Å². The van der Waals surface area contributed by atoms with Gasteiger partial charge in [-0.1, -0.05) is 34.1 Å². The summed E-state index contributed by atoms with van der Waals surface area (Å²) in [4.78, 5) is 11.3. The molecule has 35 heavy (non-hydrogen) atoms. The zero-order valence-electron chi connectivity index (χ0n) is 23.2. The number of hydrogen-bond acceptors (Lipinski definition) is 3. The molecule has 0 aromatic rings. The molecule has 0 spiro atoms. The lowest BCUT2D eigenvalue weighted by atomic mass is 9.41. The number of halogens is 1. The van der Waals surface area contributed by atoms with Gasteiger partial charge in [0.25, 0.3) is 0 Å². The summed E-state index contributed by atoms with van der Waals surface area (Å²) < 4.78 is 22.9. The third kappa shape index (κ3) is 4.67. The fraction of sp³-hybridized carbons (Fsp3) is 0.966. The predicted octanol–water partition coefficient (Wildman–Crippen LogP) is 6.92. The van der Waals surface area contributed by atoms with Gasteiger partial charge in [-0.2, -0.15) is 0 Å². The average Bonchev–Trinajstić information content (AvgIpc) is 3.12. The second-order valence-corrected chi connectivity index (χ2v) is 18.7. The number of aliphatic hydroxyl groups excluding tert-OH is 1. The van der Waals surface area contributed by atoms with Gasteiger partial charge >= 0.3 is 5.97 Å². The van der Waals surface area contributed by atoms with Crippen molar-refractivity contribution in [3.05, 3.63) is 0 Å². The third-order valence-corrected chi connectivity index (χ3v) is 12.4. The zero-order chi connectivity index (χ0) is 25.9. The summed E-state index contributed by atoms with van der Waals surface area (Å²) in [5.74, 6) is 1.70. The first-order valence-corrected chi connectivity index (χ1v) is 17.9. The number of rotatable bonds is 7. The fourth-order valence-electron chi connectivity index (χ4n) is 10.0.